The molecule has 3 fully saturated rings. The molecule has 7 atom stereocenters. The van der Waals surface area contributed by atoms with Crippen LogP contribution in [0, 0.1) is 29.1 Å². The van der Waals surface area contributed by atoms with E-state index in [9.17, 15) is 36.0 Å². The third kappa shape index (κ3) is 9.46. The quantitative estimate of drug-likeness (QED) is 0.154. The third-order valence-corrected chi connectivity index (χ3v) is 15.8. The van der Waals surface area contributed by atoms with Crippen molar-refractivity contribution in [2.75, 3.05) is 13.7 Å². The van der Waals surface area contributed by atoms with Gasteiger partial charge >= 0.3 is 12.1 Å². The summed E-state index contributed by atoms with van der Waals surface area (Å²) in [5, 5.41) is 0.753. The van der Waals surface area contributed by atoms with Crippen LogP contribution in [0.15, 0.2) is 55.1 Å². The number of carbonyl (C=O) groups excluding carboxylic acids is 4. The van der Waals surface area contributed by atoms with Gasteiger partial charge in [0.15, 0.2) is 5.78 Å². The molecule has 18 heteroatoms. The number of aromatic nitrogens is 3. The lowest BCUT2D eigenvalue weighted by Crippen LogP contribution is -2.49. The zero-order chi connectivity index (χ0) is 45.7. The molecule has 1 saturated heterocycles. The van der Waals surface area contributed by atoms with Crippen molar-refractivity contribution in [1.82, 2.24) is 24.2 Å². The van der Waals surface area contributed by atoms with Gasteiger partial charge in [-0.05, 0) is 89.2 Å². The number of nitrogens with one attached hydrogen (secondary N) is 1. The molecule has 2 aliphatic heterocycles. The van der Waals surface area contributed by atoms with Crippen molar-refractivity contribution in [3.63, 3.8) is 0 Å². The Kier molecular flexibility index (Phi) is 12.5. The summed E-state index contributed by atoms with van der Waals surface area (Å²) in [5.41, 5.74) is -3.04. The second-order valence-electron chi connectivity index (χ2n) is 18.6. The minimum Gasteiger partial charge on any atom is -0.497 e. The minimum absolute atomic E-state index is 0.00809. The number of methoxy groups -OCH3 is 1. The Morgan fingerprint density at radius 1 is 1.10 bits per heavy atom. The molecule has 4 aliphatic rings. The lowest BCUT2D eigenvalue weighted by Gasteiger charge is -2.34. The number of Topliss-reactive ketones (excluding diaryl/α,β-unsaturated/α-hetero) is 1. The predicted molar refractivity (Wildman–Crippen MR) is 225 cm³/mol. The lowest BCUT2D eigenvalue weighted by molar-refractivity contribution is -0.257. The molecule has 1 N–H and O–H groups in total. The second-order valence-corrected chi connectivity index (χ2v) is 20.8. The van der Waals surface area contributed by atoms with Crippen molar-refractivity contribution >= 4 is 44.5 Å². The third-order valence-electron chi connectivity index (χ3n) is 13.6. The van der Waals surface area contributed by atoms with Gasteiger partial charge in [0, 0.05) is 42.8 Å². The van der Waals surface area contributed by atoms with Gasteiger partial charge in [0.25, 0.3) is 0 Å². The number of halogens is 3. The Hall–Kier alpha value is -5.00. The van der Waals surface area contributed by atoms with E-state index in [2.05, 4.69) is 9.71 Å². The number of sulfonamides is 1. The molecule has 0 spiro atoms. The fourth-order valence-corrected chi connectivity index (χ4v) is 10.4. The summed E-state index contributed by atoms with van der Waals surface area (Å²) in [6.07, 6.45) is 5.04. The van der Waals surface area contributed by atoms with E-state index < -0.39 is 91.8 Å². The van der Waals surface area contributed by atoms with Crippen LogP contribution in [0.5, 0.6) is 11.6 Å². The summed E-state index contributed by atoms with van der Waals surface area (Å²) in [4.78, 5) is 67.8. The number of alkyl halides is 3. The summed E-state index contributed by atoms with van der Waals surface area (Å²) in [6.45, 7) is 6.74. The van der Waals surface area contributed by atoms with Crippen LogP contribution in [-0.4, -0.2) is 93.7 Å². The van der Waals surface area contributed by atoms with Gasteiger partial charge in [-0.2, -0.15) is 13.2 Å². The van der Waals surface area contributed by atoms with Crippen molar-refractivity contribution < 1.29 is 55.0 Å². The summed E-state index contributed by atoms with van der Waals surface area (Å²) in [7, 11) is -2.52. The Balaban J connectivity index is 1.26. The predicted octanol–water partition coefficient (Wildman–Crippen LogP) is 7.03. The number of benzene rings is 1. The number of hydrogen-bond donors (Lipinski definition) is 1. The smallest absolute Gasteiger partial charge is 0.427 e. The summed E-state index contributed by atoms with van der Waals surface area (Å²) in [5.74, 6) is -4.50. The first kappa shape index (κ1) is 46.0. The molecule has 1 aromatic carbocycles. The first-order valence-electron chi connectivity index (χ1n) is 21.6. The standard InChI is InChI=1S/C45H56F3N5O9S/c1-7-28-18-27(2)10-8-9-11-29-23-44(29,41(57)51-63(58,59)43(5)14-15-43)24-37(54)36-20-31(25-53(36)40(56)33(28)21-39(55)62-42(3,4)45(46,47)48)61-38-22-35(52-17-16-49-26-52)32-13-12-30(60-6)19-34(32)50-38/h9,11-13,16-17,19,22,26-29,31,33,36H,7-8,10,14-15,18,20-21,23-25H2,1-6H3,(H,51,57)/b11-9-/t27-,28-,29-,31-,33+,36+,44-/m1/s1. The van der Waals surface area contributed by atoms with Crippen LogP contribution >= 0.6 is 0 Å². The van der Waals surface area contributed by atoms with E-state index in [0.717, 1.165) is 19.2 Å². The van der Waals surface area contributed by atoms with Crippen LogP contribution in [-0.2, 0) is 33.9 Å². The van der Waals surface area contributed by atoms with E-state index >= 15 is 4.79 Å². The molecular formula is C45H56F3N5O9S. The van der Waals surface area contributed by atoms with Crippen LogP contribution in [0.4, 0.5) is 13.2 Å². The SMILES string of the molecule is CC[C@@H]1C[C@H](C)CC/C=C\[C@@H]2C[C@@]2(C(=O)NS(=O)(=O)C2(C)CC2)CC(=O)[C@@H]2C[C@@H](Oc3cc(-n4ccnc4)c4ccc(OC)cc4n3)CN2C(=O)[C@H]1CC(=O)OC(C)(C)C(F)(F)F. The van der Waals surface area contributed by atoms with Crippen LogP contribution in [0.3, 0.4) is 0 Å². The van der Waals surface area contributed by atoms with Gasteiger partial charge in [-0.3, -0.25) is 23.9 Å². The largest absolute Gasteiger partial charge is 0.497 e. The molecule has 2 saturated carbocycles. The number of nitrogens with zero attached hydrogens (tertiary/aromatic N) is 4. The fraction of sp³-hybridized carbons (Fsp3) is 0.600. The maximum atomic E-state index is 15.1. The molecule has 2 aromatic heterocycles. The van der Waals surface area contributed by atoms with Crippen LogP contribution in [0.2, 0.25) is 0 Å². The van der Waals surface area contributed by atoms with Crippen molar-refractivity contribution in [2.45, 2.75) is 127 Å². The number of imidazole rings is 1. The molecule has 342 valence electrons. The minimum atomic E-state index is -4.88. The van der Waals surface area contributed by atoms with Crippen molar-refractivity contribution in [2.24, 2.45) is 29.1 Å². The summed E-state index contributed by atoms with van der Waals surface area (Å²) in [6, 6.07) is 5.87. The summed E-state index contributed by atoms with van der Waals surface area (Å²) >= 11 is 0. The molecule has 0 bridgehead atoms. The zero-order valence-corrected chi connectivity index (χ0v) is 37.3. The first-order valence-corrected chi connectivity index (χ1v) is 23.1. The Labute approximate surface area is 365 Å². The van der Waals surface area contributed by atoms with Gasteiger partial charge in [-0.1, -0.05) is 32.4 Å². The van der Waals surface area contributed by atoms with Crippen LogP contribution < -0.4 is 14.2 Å². The molecule has 2 amide bonds. The highest BCUT2D eigenvalue weighted by molar-refractivity contribution is 7.91. The molecule has 63 heavy (non-hydrogen) atoms. The Bertz CT molecular complexity index is 2380. The highest BCUT2D eigenvalue weighted by Gasteiger charge is 2.63. The molecule has 4 heterocycles. The second kappa shape index (κ2) is 17.2. The average Bonchev–Trinajstić information content (AvgIpc) is 3.97. The van der Waals surface area contributed by atoms with Crippen molar-refractivity contribution in [1.29, 1.82) is 0 Å². The molecule has 3 aromatic rings. The number of allylic oxidation sites excluding steroid dienone is 2. The highest BCUT2D eigenvalue weighted by atomic mass is 32.2. The number of ketones is 1. The van der Waals surface area contributed by atoms with Gasteiger partial charge in [0.1, 0.15) is 11.9 Å². The molecule has 14 nitrogen and oxygen atoms in total. The van der Waals surface area contributed by atoms with Gasteiger partial charge in [-0.25, -0.2) is 18.4 Å². The van der Waals surface area contributed by atoms with Crippen molar-refractivity contribution in [3.8, 4) is 17.3 Å². The number of rotatable bonds is 11. The molecule has 2 aliphatic carbocycles. The lowest BCUT2D eigenvalue weighted by atomic mass is 9.79. The van der Waals surface area contributed by atoms with Crippen LogP contribution in [0.1, 0.15) is 98.8 Å². The van der Waals surface area contributed by atoms with E-state index in [1.165, 1.54) is 12.0 Å². The van der Waals surface area contributed by atoms with E-state index in [-0.39, 0.29) is 37.6 Å². The molecule has 7 rings (SSSR count). The van der Waals surface area contributed by atoms with Crippen LogP contribution in [0.25, 0.3) is 16.6 Å². The number of hydrogen-bond acceptors (Lipinski definition) is 11. The average molecular weight is 900 g/mol. The van der Waals surface area contributed by atoms with E-state index in [0.29, 0.717) is 55.5 Å². The van der Waals surface area contributed by atoms with E-state index in [1.807, 2.05) is 32.1 Å². The van der Waals surface area contributed by atoms with Gasteiger partial charge in [0.2, 0.25) is 33.3 Å². The number of esters is 1. The number of carbonyl (C=O) groups is 4. The normalized spacial score (nSPS) is 28.2. The first-order chi connectivity index (χ1) is 29.6. The van der Waals surface area contributed by atoms with Crippen molar-refractivity contribution in [3.05, 3.63) is 55.1 Å². The Morgan fingerprint density at radius 2 is 1.84 bits per heavy atom. The molecular weight excluding hydrogens is 844 g/mol. The number of fused-ring (bicyclic) bond motifs is 3. The van der Waals surface area contributed by atoms with Gasteiger partial charge in [-0.15, -0.1) is 0 Å². The zero-order valence-electron chi connectivity index (χ0n) is 36.4. The highest BCUT2D eigenvalue weighted by Crippen LogP contribution is 2.58. The van der Waals surface area contributed by atoms with Gasteiger partial charge in [0.05, 0.1) is 59.7 Å². The maximum absolute atomic E-state index is 15.1. The number of ether oxygens (including phenoxy) is 3. The summed E-state index contributed by atoms with van der Waals surface area (Å²) < 4.78 is 88.3. The number of pyridine rings is 1. The maximum Gasteiger partial charge on any atom is 0.427 e. The van der Waals surface area contributed by atoms with Gasteiger partial charge < -0.3 is 23.7 Å². The van der Waals surface area contributed by atoms with E-state index in [4.69, 9.17) is 19.2 Å². The monoisotopic (exact) mass is 899 g/mol. The fourth-order valence-electron chi connectivity index (χ4n) is 9.05. The topological polar surface area (TPSA) is 176 Å². The molecule has 0 radical (unpaired) electrons. The molecule has 0 unspecified atom stereocenters. The Morgan fingerprint density at radius 3 is 2.49 bits per heavy atom. The van der Waals surface area contributed by atoms with E-state index in [1.54, 1.807) is 48.4 Å². The number of amides is 2.